The van der Waals surface area contributed by atoms with Crippen LogP contribution in [-0.4, -0.2) is 36.0 Å². The second-order valence-electron chi connectivity index (χ2n) is 5.99. The summed E-state index contributed by atoms with van der Waals surface area (Å²) in [5.41, 5.74) is 2.46. The van der Waals surface area contributed by atoms with Gasteiger partial charge in [0.1, 0.15) is 0 Å². The number of nitro groups is 1. The topological polar surface area (TPSA) is 46.4 Å². The van der Waals surface area contributed by atoms with Crippen LogP contribution < -0.4 is 0 Å². The Bertz CT molecular complexity index is 527. The third-order valence-corrected chi connectivity index (χ3v) is 4.63. The number of hydrogen-bond donors (Lipinski definition) is 0. The lowest BCUT2D eigenvalue weighted by atomic mass is 9.74. The molecule has 4 nitrogen and oxygen atoms in total. The number of nitrogens with zero attached hydrogens (tertiary/aromatic N) is 2. The molecule has 0 bridgehead atoms. The Hall–Kier alpha value is -1.68. The zero-order chi connectivity index (χ0) is 14.1. The van der Waals surface area contributed by atoms with Crippen molar-refractivity contribution in [1.29, 1.82) is 0 Å². The monoisotopic (exact) mass is 272 g/mol. The van der Waals surface area contributed by atoms with Gasteiger partial charge in [-0.25, -0.2) is 0 Å². The Labute approximate surface area is 119 Å². The van der Waals surface area contributed by atoms with Crippen LogP contribution in [0.2, 0.25) is 0 Å². The van der Waals surface area contributed by atoms with Crippen LogP contribution in [0.4, 0.5) is 0 Å². The van der Waals surface area contributed by atoms with Crippen LogP contribution in [0, 0.1) is 16.0 Å². The summed E-state index contributed by atoms with van der Waals surface area (Å²) in [4.78, 5) is 13.7. The lowest BCUT2D eigenvalue weighted by Gasteiger charge is -2.37. The molecule has 0 aromatic heterocycles. The summed E-state index contributed by atoms with van der Waals surface area (Å²) < 4.78 is 0. The van der Waals surface area contributed by atoms with Gasteiger partial charge in [-0.05, 0) is 31.5 Å². The van der Waals surface area contributed by atoms with Gasteiger partial charge in [0.05, 0.1) is 5.92 Å². The van der Waals surface area contributed by atoms with Crippen molar-refractivity contribution in [3.63, 3.8) is 0 Å². The maximum Gasteiger partial charge on any atom is 0.223 e. The van der Waals surface area contributed by atoms with Gasteiger partial charge in [0, 0.05) is 17.9 Å². The smallest absolute Gasteiger partial charge is 0.223 e. The Morgan fingerprint density at radius 2 is 2.05 bits per heavy atom. The summed E-state index contributed by atoms with van der Waals surface area (Å²) in [6.07, 6.45) is 3.91. The molecule has 1 aromatic carbocycles. The summed E-state index contributed by atoms with van der Waals surface area (Å²) in [5, 5.41) is 11.4. The zero-order valence-electron chi connectivity index (χ0n) is 11.7. The van der Waals surface area contributed by atoms with E-state index in [4.69, 9.17) is 0 Å². The first-order valence-corrected chi connectivity index (χ1v) is 7.22. The lowest BCUT2D eigenvalue weighted by molar-refractivity contribution is -0.527. The van der Waals surface area contributed by atoms with Crippen molar-refractivity contribution in [1.82, 2.24) is 4.90 Å². The van der Waals surface area contributed by atoms with Gasteiger partial charge in [-0.2, -0.15) is 0 Å². The minimum Gasteiger partial charge on any atom is -0.302 e. The van der Waals surface area contributed by atoms with Crippen LogP contribution in [0.25, 0.3) is 0 Å². The zero-order valence-corrected chi connectivity index (χ0v) is 11.7. The molecule has 3 rings (SSSR count). The van der Waals surface area contributed by atoms with Crippen LogP contribution in [0.1, 0.15) is 24.3 Å². The number of rotatable bonds is 2. The summed E-state index contributed by atoms with van der Waals surface area (Å²) in [5.74, 6) is 0.325. The highest BCUT2D eigenvalue weighted by atomic mass is 16.6. The van der Waals surface area contributed by atoms with E-state index in [0.717, 1.165) is 25.1 Å². The van der Waals surface area contributed by atoms with Crippen molar-refractivity contribution < 1.29 is 4.92 Å². The van der Waals surface area contributed by atoms with Gasteiger partial charge in [-0.15, -0.1) is 0 Å². The van der Waals surface area contributed by atoms with Crippen molar-refractivity contribution >= 4 is 0 Å². The summed E-state index contributed by atoms with van der Waals surface area (Å²) in [7, 11) is 2.12. The van der Waals surface area contributed by atoms with E-state index < -0.39 is 6.04 Å². The highest BCUT2D eigenvalue weighted by Crippen LogP contribution is 2.39. The fourth-order valence-corrected chi connectivity index (χ4v) is 3.53. The molecule has 1 aliphatic heterocycles. The van der Waals surface area contributed by atoms with Crippen molar-refractivity contribution in [3.8, 4) is 0 Å². The van der Waals surface area contributed by atoms with Gasteiger partial charge in [0.15, 0.2) is 0 Å². The lowest BCUT2D eigenvalue weighted by Crippen LogP contribution is -2.40. The number of fused-ring (bicyclic) bond motifs is 1. The summed E-state index contributed by atoms with van der Waals surface area (Å²) in [6, 6.07) is 9.41. The molecule has 0 amide bonds. The van der Waals surface area contributed by atoms with E-state index in [1.54, 1.807) is 0 Å². The minimum absolute atomic E-state index is 0.0797. The molecular formula is C16H20N2O2. The molecule has 4 heteroatoms. The first-order chi connectivity index (χ1) is 9.65. The number of hydrogen-bond acceptors (Lipinski definition) is 3. The number of likely N-dealkylation sites (tertiary alicyclic amines) is 1. The van der Waals surface area contributed by atoms with Gasteiger partial charge in [-0.3, -0.25) is 10.1 Å². The highest BCUT2D eigenvalue weighted by Gasteiger charge is 2.40. The van der Waals surface area contributed by atoms with Crippen molar-refractivity contribution in [3.05, 3.63) is 57.7 Å². The van der Waals surface area contributed by atoms with E-state index in [0.29, 0.717) is 12.3 Å². The van der Waals surface area contributed by atoms with Crippen molar-refractivity contribution in [2.45, 2.75) is 24.8 Å². The molecule has 0 N–H and O–H groups in total. The molecule has 1 saturated heterocycles. The quantitative estimate of drug-likeness (QED) is 0.472. The van der Waals surface area contributed by atoms with Crippen LogP contribution in [-0.2, 0) is 0 Å². The SMILES string of the molecule is CN1CCC2CC([N+](=O)[O-])C(c3ccccc3)C=C2C1. The van der Waals surface area contributed by atoms with E-state index in [-0.39, 0.29) is 10.8 Å². The molecule has 0 saturated carbocycles. The molecule has 20 heavy (non-hydrogen) atoms. The standard InChI is InChI=1S/C16H20N2O2/c1-17-8-7-13-10-16(18(19)20)15(9-14(13)11-17)12-5-3-2-4-6-12/h2-6,9,13,15-16H,7-8,10-11H2,1H3. The van der Waals surface area contributed by atoms with Gasteiger partial charge in [0.25, 0.3) is 0 Å². The molecule has 0 spiro atoms. The van der Waals surface area contributed by atoms with Crippen LogP contribution in [0.5, 0.6) is 0 Å². The van der Waals surface area contributed by atoms with Crippen LogP contribution >= 0.6 is 0 Å². The second-order valence-corrected chi connectivity index (χ2v) is 5.99. The molecule has 106 valence electrons. The molecule has 1 aromatic rings. The third kappa shape index (κ3) is 2.48. The van der Waals surface area contributed by atoms with Gasteiger partial charge in [-0.1, -0.05) is 42.0 Å². The molecular weight excluding hydrogens is 252 g/mol. The molecule has 3 unspecified atom stereocenters. The fourth-order valence-electron chi connectivity index (χ4n) is 3.53. The average molecular weight is 272 g/mol. The predicted octanol–water partition coefficient (Wildman–Crippen LogP) is 2.70. The van der Waals surface area contributed by atoms with E-state index in [9.17, 15) is 10.1 Å². The molecule has 2 aliphatic rings. The van der Waals surface area contributed by atoms with E-state index >= 15 is 0 Å². The summed E-state index contributed by atoms with van der Waals surface area (Å²) in [6.45, 7) is 2.00. The van der Waals surface area contributed by atoms with Gasteiger partial charge < -0.3 is 4.90 Å². The second kappa shape index (κ2) is 5.37. The van der Waals surface area contributed by atoms with Gasteiger partial charge in [0.2, 0.25) is 6.04 Å². The first kappa shape index (κ1) is 13.3. The first-order valence-electron chi connectivity index (χ1n) is 7.22. The molecule has 3 atom stereocenters. The van der Waals surface area contributed by atoms with Crippen LogP contribution in [0.3, 0.4) is 0 Å². The normalized spacial score (nSPS) is 30.4. The largest absolute Gasteiger partial charge is 0.302 e. The van der Waals surface area contributed by atoms with E-state index in [1.165, 1.54) is 5.57 Å². The average Bonchev–Trinajstić information content (AvgIpc) is 2.46. The predicted molar refractivity (Wildman–Crippen MR) is 78.3 cm³/mol. The third-order valence-electron chi connectivity index (χ3n) is 4.63. The molecule has 1 aliphatic carbocycles. The van der Waals surface area contributed by atoms with Crippen LogP contribution in [0.15, 0.2) is 42.0 Å². The summed E-state index contributed by atoms with van der Waals surface area (Å²) >= 11 is 0. The molecule has 1 heterocycles. The minimum atomic E-state index is -0.477. The van der Waals surface area contributed by atoms with Crippen molar-refractivity contribution in [2.75, 3.05) is 20.1 Å². The number of piperidine rings is 1. The maximum atomic E-state index is 11.4. The molecule has 1 fully saturated rings. The maximum absolute atomic E-state index is 11.4. The Morgan fingerprint density at radius 3 is 2.75 bits per heavy atom. The highest BCUT2D eigenvalue weighted by molar-refractivity contribution is 5.31. The number of benzene rings is 1. The van der Waals surface area contributed by atoms with E-state index in [2.05, 4.69) is 18.0 Å². The fraction of sp³-hybridized carbons (Fsp3) is 0.500. The Kier molecular flexibility index (Phi) is 3.57. The Balaban J connectivity index is 1.96. The van der Waals surface area contributed by atoms with Gasteiger partial charge >= 0.3 is 0 Å². The van der Waals surface area contributed by atoms with Crippen molar-refractivity contribution in [2.24, 2.45) is 5.92 Å². The Morgan fingerprint density at radius 1 is 1.30 bits per heavy atom. The van der Waals surface area contributed by atoms with E-state index in [1.807, 2.05) is 30.3 Å². The molecule has 0 radical (unpaired) electrons. The number of likely N-dealkylation sites (N-methyl/N-ethyl adjacent to an activating group) is 1.